The molecule has 0 unspecified atom stereocenters. The second-order valence-electron chi connectivity index (χ2n) is 8.72. The van der Waals surface area contributed by atoms with E-state index in [1.807, 2.05) is 38.2 Å². The summed E-state index contributed by atoms with van der Waals surface area (Å²) in [5.74, 6) is 0.477. The van der Waals surface area contributed by atoms with Gasteiger partial charge < -0.3 is 9.88 Å². The highest BCUT2D eigenvalue weighted by Crippen LogP contribution is 2.27. The number of aromatic amines is 1. The summed E-state index contributed by atoms with van der Waals surface area (Å²) >= 11 is 0. The molecular formula is C23H25N7O. The molecule has 5 heterocycles. The molecule has 158 valence electrons. The summed E-state index contributed by atoms with van der Waals surface area (Å²) in [6.07, 6.45) is 4.44. The molecular weight excluding hydrogens is 390 g/mol. The van der Waals surface area contributed by atoms with Crippen LogP contribution in [0.15, 0.2) is 35.3 Å². The molecule has 2 aliphatic heterocycles. The fourth-order valence-corrected chi connectivity index (χ4v) is 5.08. The average Bonchev–Trinajstić information content (AvgIpc) is 3.40. The number of nitrogens with zero attached hydrogens (tertiary/aromatic N) is 6. The first-order chi connectivity index (χ1) is 15.0. The first-order valence-corrected chi connectivity index (χ1v) is 10.9. The molecule has 4 aromatic rings. The van der Waals surface area contributed by atoms with Gasteiger partial charge in [-0.05, 0) is 57.5 Å². The van der Waals surface area contributed by atoms with Crippen molar-refractivity contribution in [2.75, 3.05) is 31.1 Å². The van der Waals surface area contributed by atoms with Crippen molar-refractivity contribution in [2.24, 2.45) is 0 Å². The zero-order valence-electron chi connectivity index (χ0n) is 17.8. The number of fused-ring (bicyclic) bond motifs is 3. The summed E-state index contributed by atoms with van der Waals surface area (Å²) in [7, 11) is 0. The molecule has 2 fully saturated rings. The molecule has 0 spiro atoms. The lowest BCUT2D eigenvalue weighted by Crippen LogP contribution is -2.50. The topological polar surface area (TPSA) is 82.4 Å². The molecule has 8 heteroatoms. The lowest BCUT2D eigenvalue weighted by atomic mass is 10.1. The number of piperazine rings is 1. The van der Waals surface area contributed by atoms with E-state index in [1.54, 1.807) is 4.52 Å². The van der Waals surface area contributed by atoms with E-state index >= 15 is 0 Å². The van der Waals surface area contributed by atoms with Crippen LogP contribution in [0.3, 0.4) is 0 Å². The molecule has 31 heavy (non-hydrogen) atoms. The average molecular weight is 416 g/mol. The predicted octanol–water partition coefficient (Wildman–Crippen LogP) is 2.53. The SMILES string of the molecule is Cc1cn2nc(-c3nc4ccc(N5CCN6CCC[C@H]6C5)cc4c(=O)[nH]3)cc2c(C)n1. The monoisotopic (exact) mass is 415 g/mol. The van der Waals surface area contributed by atoms with Gasteiger partial charge in [0.05, 0.1) is 34.0 Å². The second-order valence-corrected chi connectivity index (χ2v) is 8.72. The first-order valence-electron chi connectivity index (χ1n) is 10.9. The Morgan fingerprint density at radius 2 is 2.00 bits per heavy atom. The highest BCUT2D eigenvalue weighted by Gasteiger charge is 2.30. The molecule has 3 aromatic heterocycles. The van der Waals surface area contributed by atoms with Crippen LogP contribution in [0.1, 0.15) is 24.2 Å². The van der Waals surface area contributed by atoms with E-state index in [2.05, 4.69) is 30.9 Å². The van der Waals surface area contributed by atoms with Gasteiger partial charge in [-0.25, -0.2) is 9.50 Å². The molecule has 0 saturated carbocycles. The summed E-state index contributed by atoms with van der Waals surface area (Å²) in [5.41, 5.74) is 4.98. The highest BCUT2D eigenvalue weighted by atomic mass is 16.1. The Labute approximate surface area is 179 Å². The third-order valence-corrected chi connectivity index (χ3v) is 6.64. The standard InChI is InChI=1S/C23H25N7O/c1-14-12-30-21(15(2)24-14)11-20(27-30)22-25-19-6-5-16(10-18(19)23(31)26-22)29-9-8-28-7-3-4-17(28)13-29/h5-6,10-12,17H,3-4,7-9,13H2,1-2H3,(H,25,26,31)/t17-/m0/s1. The summed E-state index contributed by atoms with van der Waals surface area (Å²) < 4.78 is 1.79. The highest BCUT2D eigenvalue weighted by molar-refractivity contribution is 5.83. The van der Waals surface area contributed by atoms with Crippen molar-refractivity contribution in [3.05, 3.63) is 52.2 Å². The van der Waals surface area contributed by atoms with Crippen molar-refractivity contribution in [3.63, 3.8) is 0 Å². The van der Waals surface area contributed by atoms with Crippen LogP contribution in [-0.2, 0) is 0 Å². The van der Waals surface area contributed by atoms with E-state index in [0.717, 1.165) is 42.2 Å². The van der Waals surface area contributed by atoms with Gasteiger partial charge >= 0.3 is 0 Å². The molecule has 0 amide bonds. The first kappa shape index (κ1) is 18.5. The molecule has 2 aliphatic rings. The largest absolute Gasteiger partial charge is 0.369 e. The van der Waals surface area contributed by atoms with Crippen molar-refractivity contribution in [3.8, 4) is 11.5 Å². The Morgan fingerprint density at radius 3 is 2.90 bits per heavy atom. The van der Waals surface area contributed by atoms with E-state index in [-0.39, 0.29) is 5.56 Å². The molecule has 0 bridgehead atoms. The molecule has 0 aliphatic carbocycles. The van der Waals surface area contributed by atoms with E-state index in [0.29, 0.717) is 28.5 Å². The second kappa shape index (κ2) is 6.88. The number of anilines is 1. The number of nitrogens with one attached hydrogen (secondary N) is 1. The lowest BCUT2D eigenvalue weighted by Gasteiger charge is -2.38. The third-order valence-electron chi connectivity index (χ3n) is 6.64. The van der Waals surface area contributed by atoms with Crippen LogP contribution in [0.4, 0.5) is 5.69 Å². The van der Waals surface area contributed by atoms with Gasteiger partial charge in [-0.3, -0.25) is 14.7 Å². The van der Waals surface area contributed by atoms with E-state index < -0.39 is 0 Å². The normalized spacial score (nSPS) is 19.4. The number of aromatic nitrogens is 5. The van der Waals surface area contributed by atoms with Crippen molar-refractivity contribution in [1.29, 1.82) is 0 Å². The Hall–Kier alpha value is -3.26. The van der Waals surface area contributed by atoms with Crippen LogP contribution < -0.4 is 10.5 Å². The Balaban J connectivity index is 1.37. The lowest BCUT2D eigenvalue weighted by molar-refractivity contribution is 0.231. The number of hydrogen-bond donors (Lipinski definition) is 1. The smallest absolute Gasteiger partial charge is 0.259 e. The van der Waals surface area contributed by atoms with E-state index in [9.17, 15) is 4.79 Å². The number of H-pyrrole nitrogens is 1. The van der Waals surface area contributed by atoms with Gasteiger partial charge in [-0.15, -0.1) is 0 Å². The summed E-state index contributed by atoms with van der Waals surface area (Å²) in [4.78, 5) is 30.1. The minimum Gasteiger partial charge on any atom is -0.369 e. The third kappa shape index (κ3) is 3.09. The molecule has 1 aromatic carbocycles. The molecule has 1 atom stereocenters. The Morgan fingerprint density at radius 1 is 1.10 bits per heavy atom. The summed E-state index contributed by atoms with van der Waals surface area (Å²) in [5, 5.41) is 5.22. The number of hydrogen-bond acceptors (Lipinski definition) is 6. The molecule has 0 radical (unpaired) electrons. The predicted molar refractivity (Wildman–Crippen MR) is 121 cm³/mol. The van der Waals surface area contributed by atoms with Gasteiger partial charge in [0.15, 0.2) is 5.82 Å². The van der Waals surface area contributed by atoms with Crippen LogP contribution in [0, 0.1) is 13.8 Å². The van der Waals surface area contributed by atoms with Gasteiger partial charge in [0.1, 0.15) is 5.69 Å². The molecule has 8 nitrogen and oxygen atoms in total. The maximum atomic E-state index is 13.0. The minimum atomic E-state index is -0.135. The van der Waals surface area contributed by atoms with E-state index in [1.165, 1.54) is 19.4 Å². The van der Waals surface area contributed by atoms with Gasteiger partial charge in [0.25, 0.3) is 5.56 Å². The van der Waals surface area contributed by atoms with Crippen molar-refractivity contribution < 1.29 is 0 Å². The maximum absolute atomic E-state index is 13.0. The number of aryl methyl sites for hydroxylation is 2. The summed E-state index contributed by atoms with van der Waals surface area (Å²) in [6, 6.07) is 8.58. The zero-order chi connectivity index (χ0) is 21.1. The van der Waals surface area contributed by atoms with Gasteiger partial charge in [0, 0.05) is 31.4 Å². The van der Waals surface area contributed by atoms with Crippen LogP contribution in [0.25, 0.3) is 27.9 Å². The maximum Gasteiger partial charge on any atom is 0.259 e. The van der Waals surface area contributed by atoms with Crippen molar-refractivity contribution in [1.82, 2.24) is 29.5 Å². The van der Waals surface area contributed by atoms with Crippen LogP contribution in [-0.4, -0.2) is 61.7 Å². The van der Waals surface area contributed by atoms with Gasteiger partial charge in [-0.1, -0.05) is 0 Å². The molecule has 6 rings (SSSR count). The quantitative estimate of drug-likeness (QED) is 0.542. The Bertz CT molecular complexity index is 1370. The van der Waals surface area contributed by atoms with Crippen molar-refractivity contribution in [2.45, 2.75) is 32.7 Å². The Kier molecular flexibility index (Phi) is 4.11. The van der Waals surface area contributed by atoms with Crippen LogP contribution in [0.5, 0.6) is 0 Å². The van der Waals surface area contributed by atoms with E-state index in [4.69, 9.17) is 4.98 Å². The molecule has 1 N–H and O–H groups in total. The fourth-order valence-electron chi connectivity index (χ4n) is 5.08. The van der Waals surface area contributed by atoms with Crippen molar-refractivity contribution >= 4 is 22.1 Å². The van der Waals surface area contributed by atoms with Gasteiger partial charge in [0.2, 0.25) is 0 Å². The van der Waals surface area contributed by atoms with Crippen LogP contribution >= 0.6 is 0 Å². The number of rotatable bonds is 2. The minimum absolute atomic E-state index is 0.135. The zero-order valence-corrected chi connectivity index (χ0v) is 17.8. The summed E-state index contributed by atoms with van der Waals surface area (Å²) in [6.45, 7) is 8.24. The van der Waals surface area contributed by atoms with Crippen LogP contribution in [0.2, 0.25) is 0 Å². The van der Waals surface area contributed by atoms with Gasteiger partial charge in [-0.2, -0.15) is 5.10 Å². The number of benzene rings is 1. The fraction of sp³-hybridized carbons (Fsp3) is 0.391. The molecule has 2 saturated heterocycles.